The SMILES string of the molecule is C=Cc1cc(C(F)(F)F)c(/C=C/c2cccc(-c3ccccc3)c2C)cc1CCc1ccnc(C)c1. The van der Waals surface area contributed by atoms with Gasteiger partial charge in [0.2, 0.25) is 0 Å². The van der Waals surface area contributed by atoms with Crippen molar-refractivity contribution in [1.29, 1.82) is 0 Å². The third-order valence-electron chi connectivity index (χ3n) is 6.38. The van der Waals surface area contributed by atoms with Crippen LogP contribution in [0.4, 0.5) is 13.2 Å². The van der Waals surface area contributed by atoms with Gasteiger partial charge in [-0.3, -0.25) is 4.98 Å². The molecule has 0 aliphatic carbocycles. The monoisotopic (exact) mass is 483 g/mol. The minimum Gasteiger partial charge on any atom is -0.262 e. The van der Waals surface area contributed by atoms with Gasteiger partial charge in [0.1, 0.15) is 0 Å². The van der Waals surface area contributed by atoms with Crippen LogP contribution in [-0.4, -0.2) is 4.98 Å². The van der Waals surface area contributed by atoms with Crippen molar-refractivity contribution >= 4 is 18.2 Å². The van der Waals surface area contributed by atoms with Gasteiger partial charge in [-0.2, -0.15) is 13.2 Å². The Labute approximate surface area is 210 Å². The van der Waals surface area contributed by atoms with Crippen LogP contribution in [0.1, 0.15) is 44.6 Å². The summed E-state index contributed by atoms with van der Waals surface area (Å²) < 4.78 is 42.0. The smallest absolute Gasteiger partial charge is 0.262 e. The van der Waals surface area contributed by atoms with Gasteiger partial charge in [0.05, 0.1) is 5.56 Å². The molecule has 0 aliphatic heterocycles. The standard InChI is InChI=1S/C32H28F3N/c1-4-25-21-31(32(33,34)35)29(20-28(25)14-13-24-17-18-36-22(2)19-24)16-15-26-11-8-12-30(23(26)3)27-9-6-5-7-10-27/h4-12,15-21H,1,13-14H2,2-3H3/b16-15+. The quantitative estimate of drug-likeness (QED) is 0.239. The third-order valence-corrected chi connectivity index (χ3v) is 6.38. The second-order valence-electron chi connectivity index (χ2n) is 8.86. The van der Waals surface area contributed by atoms with Gasteiger partial charge in [0.15, 0.2) is 0 Å². The molecule has 1 aromatic heterocycles. The van der Waals surface area contributed by atoms with E-state index in [-0.39, 0.29) is 5.56 Å². The van der Waals surface area contributed by atoms with Gasteiger partial charge >= 0.3 is 6.18 Å². The van der Waals surface area contributed by atoms with E-state index in [2.05, 4.69) is 11.6 Å². The molecule has 0 aliphatic rings. The first-order chi connectivity index (χ1) is 17.3. The number of halogens is 3. The van der Waals surface area contributed by atoms with Crippen LogP contribution in [0.2, 0.25) is 0 Å². The summed E-state index contributed by atoms with van der Waals surface area (Å²) in [5.41, 5.74) is 6.88. The van der Waals surface area contributed by atoms with Crippen molar-refractivity contribution in [3.05, 3.63) is 130 Å². The lowest BCUT2D eigenvalue weighted by Gasteiger charge is -2.16. The molecule has 0 saturated heterocycles. The van der Waals surface area contributed by atoms with Gasteiger partial charge in [0, 0.05) is 11.9 Å². The van der Waals surface area contributed by atoms with Crippen LogP contribution in [0, 0.1) is 13.8 Å². The minimum absolute atomic E-state index is 0.151. The van der Waals surface area contributed by atoms with E-state index < -0.39 is 11.7 Å². The van der Waals surface area contributed by atoms with Gasteiger partial charge < -0.3 is 0 Å². The molecule has 4 heteroatoms. The molecule has 0 saturated carbocycles. The molecule has 3 aromatic carbocycles. The van der Waals surface area contributed by atoms with Crippen molar-refractivity contribution in [3.63, 3.8) is 0 Å². The predicted molar refractivity (Wildman–Crippen MR) is 143 cm³/mol. The summed E-state index contributed by atoms with van der Waals surface area (Å²) in [7, 11) is 0. The van der Waals surface area contributed by atoms with Crippen LogP contribution < -0.4 is 0 Å². The fourth-order valence-electron chi connectivity index (χ4n) is 4.45. The number of pyridine rings is 1. The molecule has 0 spiro atoms. The average Bonchev–Trinajstić information content (AvgIpc) is 2.86. The molecule has 0 N–H and O–H groups in total. The number of nitrogens with zero attached hydrogens (tertiary/aromatic N) is 1. The van der Waals surface area contributed by atoms with Crippen molar-refractivity contribution < 1.29 is 13.2 Å². The van der Waals surface area contributed by atoms with Gasteiger partial charge in [-0.05, 0) is 89.4 Å². The summed E-state index contributed by atoms with van der Waals surface area (Å²) in [6.45, 7) is 7.68. The Bertz CT molecular complexity index is 1400. The molecule has 4 aromatic rings. The van der Waals surface area contributed by atoms with Crippen LogP contribution in [-0.2, 0) is 19.0 Å². The molecule has 0 unspecified atom stereocenters. The molecule has 0 radical (unpaired) electrons. The van der Waals surface area contributed by atoms with E-state index in [0.717, 1.165) is 39.1 Å². The van der Waals surface area contributed by atoms with Crippen molar-refractivity contribution in [2.75, 3.05) is 0 Å². The number of alkyl halides is 3. The van der Waals surface area contributed by atoms with Crippen molar-refractivity contribution in [1.82, 2.24) is 4.98 Å². The summed E-state index contributed by atoms with van der Waals surface area (Å²) in [5, 5.41) is 0. The van der Waals surface area contributed by atoms with Crippen LogP contribution in [0.5, 0.6) is 0 Å². The van der Waals surface area contributed by atoms with Crippen LogP contribution in [0.3, 0.4) is 0 Å². The molecular weight excluding hydrogens is 455 g/mol. The number of hydrogen-bond donors (Lipinski definition) is 0. The van der Waals surface area contributed by atoms with E-state index in [0.29, 0.717) is 18.4 Å². The lowest BCUT2D eigenvalue weighted by atomic mass is 9.92. The Kier molecular flexibility index (Phi) is 7.54. The fraction of sp³-hybridized carbons (Fsp3) is 0.156. The summed E-state index contributed by atoms with van der Waals surface area (Å²) in [6.07, 6.45) is 3.44. The molecule has 0 bridgehead atoms. The molecule has 0 fully saturated rings. The Balaban J connectivity index is 1.72. The lowest BCUT2D eigenvalue weighted by Crippen LogP contribution is -2.09. The highest BCUT2D eigenvalue weighted by Gasteiger charge is 2.33. The van der Waals surface area contributed by atoms with Crippen LogP contribution in [0.25, 0.3) is 29.4 Å². The molecule has 1 heterocycles. The highest BCUT2D eigenvalue weighted by Crippen LogP contribution is 2.36. The Morgan fingerprint density at radius 1 is 0.806 bits per heavy atom. The average molecular weight is 484 g/mol. The number of hydrogen-bond acceptors (Lipinski definition) is 1. The molecule has 182 valence electrons. The Morgan fingerprint density at radius 3 is 2.25 bits per heavy atom. The minimum atomic E-state index is -4.47. The van der Waals surface area contributed by atoms with E-state index in [1.54, 1.807) is 24.4 Å². The maximum Gasteiger partial charge on any atom is 0.417 e. The summed E-state index contributed by atoms with van der Waals surface area (Å²) >= 11 is 0. The predicted octanol–water partition coefficient (Wildman–Crippen LogP) is 8.98. The highest BCUT2D eigenvalue weighted by molar-refractivity contribution is 5.79. The van der Waals surface area contributed by atoms with E-state index in [4.69, 9.17) is 0 Å². The maximum atomic E-state index is 14.0. The summed E-state index contributed by atoms with van der Waals surface area (Å²) in [6, 6.07) is 22.7. The van der Waals surface area contributed by atoms with Crippen molar-refractivity contribution in [3.8, 4) is 11.1 Å². The van der Waals surface area contributed by atoms with E-state index in [1.807, 2.05) is 74.5 Å². The molecular formula is C32H28F3N. The highest BCUT2D eigenvalue weighted by atomic mass is 19.4. The van der Waals surface area contributed by atoms with E-state index >= 15 is 0 Å². The molecule has 1 nitrogen and oxygen atoms in total. The first-order valence-corrected chi connectivity index (χ1v) is 11.9. The molecule has 0 atom stereocenters. The summed E-state index contributed by atoms with van der Waals surface area (Å²) in [4.78, 5) is 4.22. The van der Waals surface area contributed by atoms with E-state index in [9.17, 15) is 13.2 Å². The first-order valence-electron chi connectivity index (χ1n) is 11.9. The zero-order chi connectivity index (χ0) is 25.7. The second kappa shape index (κ2) is 10.8. The van der Waals surface area contributed by atoms with Crippen LogP contribution in [0.15, 0.2) is 85.6 Å². The zero-order valence-electron chi connectivity index (χ0n) is 20.4. The zero-order valence-corrected chi connectivity index (χ0v) is 20.4. The van der Waals surface area contributed by atoms with Gasteiger partial charge in [-0.15, -0.1) is 0 Å². The van der Waals surface area contributed by atoms with Gasteiger partial charge in [-0.25, -0.2) is 0 Å². The van der Waals surface area contributed by atoms with Gasteiger partial charge in [-0.1, -0.05) is 79.4 Å². The molecule has 0 amide bonds. The number of rotatable bonds is 7. The largest absolute Gasteiger partial charge is 0.417 e. The Morgan fingerprint density at radius 2 is 1.56 bits per heavy atom. The summed E-state index contributed by atoms with van der Waals surface area (Å²) in [5.74, 6) is 0. The maximum absolute atomic E-state index is 14.0. The number of aromatic nitrogens is 1. The number of benzene rings is 3. The third kappa shape index (κ3) is 5.83. The Hall–Kier alpha value is -3.92. The van der Waals surface area contributed by atoms with Crippen LogP contribution >= 0.6 is 0 Å². The molecule has 36 heavy (non-hydrogen) atoms. The topological polar surface area (TPSA) is 12.9 Å². The normalized spacial score (nSPS) is 11.7. The van der Waals surface area contributed by atoms with Gasteiger partial charge in [0.25, 0.3) is 0 Å². The fourth-order valence-corrected chi connectivity index (χ4v) is 4.45. The number of aryl methyl sites for hydroxylation is 3. The lowest BCUT2D eigenvalue weighted by molar-refractivity contribution is -0.137. The molecule has 4 rings (SSSR count). The van der Waals surface area contributed by atoms with E-state index in [1.165, 1.54) is 12.1 Å². The first kappa shape index (κ1) is 25.2. The van der Waals surface area contributed by atoms with Crippen molar-refractivity contribution in [2.45, 2.75) is 32.9 Å². The second-order valence-corrected chi connectivity index (χ2v) is 8.86. The van der Waals surface area contributed by atoms with Crippen molar-refractivity contribution in [2.24, 2.45) is 0 Å².